The van der Waals surface area contributed by atoms with Crippen molar-refractivity contribution in [3.05, 3.63) is 233 Å². The second-order valence-electron chi connectivity index (χ2n) is 17.0. The standard InChI is InChI=1S/C58H37NO/c1-2-17-42-37(12-1)43-18-11-19-44(55(42)43)47-33-53(59-52-22-9-5-15-40(47)52)35-26-24-34(25-27-35)36-28-29-46-51(32-36)58(48-20-7-3-13-38(48)39-14-4-8-21-49(39)58)50-31-30-45-41-16-6-10-23-54(41)60-57(45)56(46)50/h1-3,5-13,15-33,52,59H,4,14H2. The molecular formula is C58H37NO. The third-order valence-corrected chi connectivity index (χ3v) is 14.2. The maximum atomic E-state index is 6.81. The van der Waals surface area contributed by atoms with Crippen LogP contribution >= 0.6 is 0 Å². The van der Waals surface area contributed by atoms with Gasteiger partial charge in [-0.2, -0.15) is 0 Å². The first-order valence-electron chi connectivity index (χ1n) is 21.3. The summed E-state index contributed by atoms with van der Waals surface area (Å²) in [4.78, 5) is 0. The molecule has 0 fully saturated rings. The van der Waals surface area contributed by atoms with Crippen molar-refractivity contribution in [3.63, 3.8) is 0 Å². The average Bonchev–Trinajstić information content (AvgIpc) is 3.94. The minimum absolute atomic E-state index is 0.103. The molecular weight excluding hydrogens is 727 g/mol. The molecule has 280 valence electrons. The van der Waals surface area contributed by atoms with Crippen LogP contribution in [0.1, 0.15) is 46.2 Å². The van der Waals surface area contributed by atoms with Crippen molar-refractivity contribution in [1.82, 2.24) is 5.32 Å². The molecule has 6 aliphatic rings. The molecule has 1 aromatic heterocycles. The predicted octanol–water partition coefficient (Wildman–Crippen LogP) is 14.2. The molecule has 2 unspecified atom stereocenters. The number of fused-ring (bicyclic) bond motifs is 18. The van der Waals surface area contributed by atoms with E-state index in [1.54, 1.807) is 0 Å². The average molecular weight is 764 g/mol. The summed E-state index contributed by atoms with van der Waals surface area (Å²) in [5, 5.41) is 6.22. The fourth-order valence-electron chi connectivity index (χ4n) is 11.6. The van der Waals surface area contributed by atoms with Crippen LogP contribution in [-0.2, 0) is 5.41 Å². The molecule has 0 saturated heterocycles. The van der Waals surface area contributed by atoms with Crippen molar-refractivity contribution in [2.45, 2.75) is 24.3 Å². The first kappa shape index (κ1) is 32.5. The van der Waals surface area contributed by atoms with Crippen LogP contribution in [0, 0.1) is 0 Å². The Kier molecular flexibility index (Phi) is 6.42. The minimum atomic E-state index is -0.422. The van der Waals surface area contributed by atoms with Gasteiger partial charge in [-0.1, -0.05) is 170 Å². The molecule has 60 heavy (non-hydrogen) atoms. The van der Waals surface area contributed by atoms with Gasteiger partial charge in [-0.3, -0.25) is 0 Å². The molecule has 0 bridgehead atoms. The van der Waals surface area contributed by atoms with Crippen molar-refractivity contribution < 1.29 is 4.42 Å². The summed E-state index contributed by atoms with van der Waals surface area (Å²) in [5.41, 5.74) is 26.3. The van der Waals surface area contributed by atoms with Crippen molar-refractivity contribution in [2.24, 2.45) is 0 Å². The van der Waals surface area contributed by atoms with Gasteiger partial charge in [0.25, 0.3) is 0 Å². The number of benzene rings is 7. The predicted molar refractivity (Wildman–Crippen MR) is 247 cm³/mol. The van der Waals surface area contributed by atoms with Crippen LogP contribution in [0.25, 0.3) is 83.3 Å². The molecule has 8 aromatic rings. The van der Waals surface area contributed by atoms with Crippen LogP contribution in [0.5, 0.6) is 0 Å². The number of para-hydroxylation sites is 1. The van der Waals surface area contributed by atoms with Gasteiger partial charge in [-0.25, -0.2) is 0 Å². The van der Waals surface area contributed by atoms with Crippen molar-refractivity contribution in [2.75, 3.05) is 0 Å². The lowest BCUT2D eigenvalue weighted by Gasteiger charge is -2.32. The Labute approximate surface area is 348 Å². The smallest absolute Gasteiger partial charge is 0.143 e. The van der Waals surface area contributed by atoms with Gasteiger partial charge in [0, 0.05) is 22.0 Å². The van der Waals surface area contributed by atoms with Crippen LogP contribution in [0.3, 0.4) is 0 Å². The largest absolute Gasteiger partial charge is 0.455 e. The normalized spacial score (nSPS) is 19.7. The Morgan fingerprint density at radius 2 is 1.33 bits per heavy atom. The molecule has 1 spiro atoms. The van der Waals surface area contributed by atoms with E-state index in [2.05, 4.69) is 193 Å². The number of rotatable bonds is 3. The van der Waals surface area contributed by atoms with Crippen molar-refractivity contribution in [1.29, 1.82) is 0 Å². The number of allylic oxidation sites excluding steroid dienone is 8. The zero-order valence-electron chi connectivity index (χ0n) is 32.8. The van der Waals surface area contributed by atoms with Crippen LogP contribution in [0.2, 0.25) is 0 Å². The molecule has 2 nitrogen and oxygen atoms in total. The van der Waals surface area contributed by atoms with E-state index in [1.165, 1.54) is 111 Å². The van der Waals surface area contributed by atoms with Crippen LogP contribution < -0.4 is 5.32 Å². The summed E-state index contributed by atoms with van der Waals surface area (Å²) in [6.07, 6.45) is 18.2. The summed E-state index contributed by atoms with van der Waals surface area (Å²) in [6, 6.07) is 54.4. The Balaban J connectivity index is 0.914. The fraction of sp³-hybridized carbons (Fsp3) is 0.0690. The van der Waals surface area contributed by atoms with E-state index in [4.69, 9.17) is 4.42 Å². The highest BCUT2D eigenvalue weighted by Gasteiger charge is 2.53. The minimum Gasteiger partial charge on any atom is -0.455 e. The summed E-state index contributed by atoms with van der Waals surface area (Å²) >= 11 is 0. The van der Waals surface area contributed by atoms with Gasteiger partial charge in [0.15, 0.2) is 0 Å². The molecule has 14 rings (SSSR count). The molecule has 7 aromatic carbocycles. The molecule has 0 amide bonds. The Morgan fingerprint density at radius 3 is 2.27 bits per heavy atom. The molecule has 2 heteroatoms. The second-order valence-corrected chi connectivity index (χ2v) is 17.0. The van der Waals surface area contributed by atoms with Crippen molar-refractivity contribution in [3.8, 4) is 44.5 Å². The maximum Gasteiger partial charge on any atom is 0.143 e. The third kappa shape index (κ3) is 4.13. The van der Waals surface area contributed by atoms with E-state index in [0.29, 0.717) is 0 Å². The zero-order valence-corrected chi connectivity index (χ0v) is 32.8. The first-order valence-corrected chi connectivity index (χ1v) is 21.3. The summed E-state index contributed by atoms with van der Waals surface area (Å²) < 4.78 is 6.81. The third-order valence-electron chi connectivity index (χ3n) is 14.2. The highest BCUT2D eigenvalue weighted by atomic mass is 16.3. The monoisotopic (exact) mass is 763 g/mol. The first-order chi connectivity index (χ1) is 29.8. The number of hydrogen-bond acceptors (Lipinski definition) is 2. The second kappa shape index (κ2) is 11.8. The zero-order chi connectivity index (χ0) is 39.1. The van der Waals surface area contributed by atoms with E-state index in [0.717, 1.165) is 29.7 Å². The summed E-state index contributed by atoms with van der Waals surface area (Å²) in [5.74, 6) is 0. The molecule has 5 aliphatic carbocycles. The summed E-state index contributed by atoms with van der Waals surface area (Å²) in [7, 11) is 0. The van der Waals surface area contributed by atoms with Gasteiger partial charge in [0.1, 0.15) is 11.2 Å². The molecule has 2 atom stereocenters. The quantitative estimate of drug-likeness (QED) is 0.194. The van der Waals surface area contributed by atoms with Gasteiger partial charge >= 0.3 is 0 Å². The fourth-order valence-corrected chi connectivity index (χ4v) is 11.6. The lowest BCUT2D eigenvalue weighted by atomic mass is 9.68. The highest BCUT2D eigenvalue weighted by molar-refractivity contribution is 6.14. The van der Waals surface area contributed by atoms with Gasteiger partial charge < -0.3 is 9.73 Å². The van der Waals surface area contributed by atoms with Crippen LogP contribution in [-0.4, -0.2) is 6.04 Å². The van der Waals surface area contributed by atoms with Gasteiger partial charge in [0.05, 0.1) is 11.5 Å². The van der Waals surface area contributed by atoms with Crippen LogP contribution in [0.15, 0.2) is 204 Å². The van der Waals surface area contributed by atoms with E-state index in [-0.39, 0.29) is 6.04 Å². The van der Waals surface area contributed by atoms with E-state index < -0.39 is 5.41 Å². The van der Waals surface area contributed by atoms with E-state index in [1.807, 2.05) is 0 Å². The van der Waals surface area contributed by atoms with Crippen LogP contribution in [0.4, 0.5) is 0 Å². The molecule has 1 N–H and O–H groups in total. The van der Waals surface area contributed by atoms with Gasteiger partial charge in [-0.15, -0.1) is 0 Å². The lowest BCUT2D eigenvalue weighted by molar-refractivity contribution is 0.669. The van der Waals surface area contributed by atoms with E-state index in [9.17, 15) is 0 Å². The maximum absolute atomic E-state index is 6.81. The number of nitrogens with one attached hydrogen (secondary N) is 1. The Morgan fingerprint density at radius 1 is 0.550 bits per heavy atom. The Bertz CT molecular complexity index is 3450. The summed E-state index contributed by atoms with van der Waals surface area (Å²) in [6.45, 7) is 0. The van der Waals surface area contributed by atoms with E-state index >= 15 is 0 Å². The molecule has 1 aliphatic heterocycles. The number of hydrogen-bond donors (Lipinski definition) is 1. The molecule has 0 radical (unpaired) electrons. The van der Waals surface area contributed by atoms with Gasteiger partial charge in [-0.05, 0) is 126 Å². The number of dihydropyridines is 1. The molecule has 2 heterocycles. The van der Waals surface area contributed by atoms with Gasteiger partial charge in [0.2, 0.25) is 0 Å². The number of furan rings is 1. The highest BCUT2D eigenvalue weighted by Crippen LogP contribution is 2.65. The van der Waals surface area contributed by atoms with Crippen molar-refractivity contribution >= 4 is 38.8 Å². The SMILES string of the molecule is C1=CC2=C(c3cccc4c3-c3ccccc3-4)C=C(c3ccc(-c4ccc5c(c4)C4(C6=C(CCC=C6)c6ccccc64)c4ccc6c(oc7ccccc76)c4-5)cc3)NC2C=C1. The molecule has 0 saturated carbocycles. The topological polar surface area (TPSA) is 25.2 Å². The lowest BCUT2D eigenvalue weighted by Crippen LogP contribution is -2.31. The Hall–Kier alpha value is -7.42.